The van der Waals surface area contributed by atoms with Gasteiger partial charge in [-0.25, -0.2) is 4.98 Å². The van der Waals surface area contributed by atoms with E-state index < -0.39 is 0 Å². The monoisotopic (exact) mass is 211 g/mol. The van der Waals surface area contributed by atoms with E-state index in [4.69, 9.17) is 4.42 Å². The minimum atomic E-state index is 0.683. The summed E-state index contributed by atoms with van der Waals surface area (Å²) in [6.07, 6.45) is 1.79. The van der Waals surface area contributed by atoms with Gasteiger partial charge < -0.3 is 4.42 Å². The maximum absolute atomic E-state index is 5.23. The predicted octanol–water partition coefficient (Wildman–Crippen LogP) is 2.90. The Morgan fingerprint density at radius 2 is 2.27 bits per heavy atom. The van der Waals surface area contributed by atoms with E-state index in [1.165, 1.54) is 0 Å². The second-order valence-corrected chi connectivity index (χ2v) is 3.24. The summed E-state index contributed by atoms with van der Waals surface area (Å²) < 4.78 is 5.96. The van der Waals surface area contributed by atoms with Crippen LogP contribution in [0, 0.1) is 6.92 Å². The second-order valence-electron chi connectivity index (χ2n) is 2.46. The van der Waals surface area contributed by atoms with Crippen LogP contribution >= 0.6 is 15.9 Å². The Labute approximate surface area is 72.4 Å². The highest BCUT2D eigenvalue weighted by molar-refractivity contribution is 9.10. The van der Waals surface area contributed by atoms with Crippen molar-refractivity contribution < 1.29 is 4.42 Å². The van der Waals surface area contributed by atoms with E-state index in [0.717, 1.165) is 15.6 Å². The van der Waals surface area contributed by atoms with Crippen LogP contribution in [0.25, 0.3) is 11.1 Å². The molecule has 0 atom stereocenters. The fourth-order valence-corrected chi connectivity index (χ4v) is 1.41. The first kappa shape index (κ1) is 6.85. The van der Waals surface area contributed by atoms with Gasteiger partial charge in [0.2, 0.25) is 5.71 Å². The van der Waals surface area contributed by atoms with Crippen molar-refractivity contribution in [3.63, 3.8) is 0 Å². The van der Waals surface area contributed by atoms with Gasteiger partial charge in [-0.05, 0) is 34.5 Å². The molecule has 0 amide bonds. The van der Waals surface area contributed by atoms with Gasteiger partial charge in [0.25, 0.3) is 0 Å². The number of hydrogen-bond acceptors (Lipinski definition) is 2. The third-order valence-electron chi connectivity index (χ3n) is 1.48. The van der Waals surface area contributed by atoms with Crippen LogP contribution in [0.15, 0.2) is 27.4 Å². The van der Waals surface area contributed by atoms with Gasteiger partial charge in [-0.15, -0.1) is 0 Å². The summed E-state index contributed by atoms with van der Waals surface area (Å²) in [6, 6.07) is 3.95. The first-order chi connectivity index (χ1) is 5.25. The standard InChI is InChI=1S/C8H6BrNO/c1-5-2-6-3-7(9)11-8(6)10-4-5/h2-4H,1H3. The van der Waals surface area contributed by atoms with Gasteiger partial charge in [0.05, 0.1) is 0 Å². The van der Waals surface area contributed by atoms with Crippen LogP contribution in [-0.4, -0.2) is 4.98 Å². The summed E-state index contributed by atoms with van der Waals surface area (Å²) >= 11 is 3.24. The Morgan fingerprint density at radius 1 is 1.45 bits per heavy atom. The van der Waals surface area contributed by atoms with E-state index in [9.17, 15) is 0 Å². The van der Waals surface area contributed by atoms with Crippen molar-refractivity contribution in [2.24, 2.45) is 0 Å². The number of aryl methyl sites for hydroxylation is 1. The van der Waals surface area contributed by atoms with E-state index in [1.54, 1.807) is 6.20 Å². The molecule has 11 heavy (non-hydrogen) atoms. The van der Waals surface area contributed by atoms with E-state index >= 15 is 0 Å². The Kier molecular flexibility index (Phi) is 1.46. The molecule has 0 saturated heterocycles. The van der Waals surface area contributed by atoms with Crippen LogP contribution in [0.3, 0.4) is 0 Å². The van der Waals surface area contributed by atoms with Gasteiger partial charge in [-0.1, -0.05) is 0 Å². The SMILES string of the molecule is Cc1cnc2oc(Br)cc2c1. The number of nitrogens with zero attached hydrogens (tertiary/aromatic N) is 1. The molecule has 2 aromatic heterocycles. The number of aromatic nitrogens is 1. The van der Waals surface area contributed by atoms with E-state index in [0.29, 0.717) is 5.71 Å². The summed E-state index contributed by atoms with van der Waals surface area (Å²) in [5, 5.41) is 1.04. The highest BCUT2D eigenvalue weighted by atomic mass is 79.9. The summed E-state index contributed by atoms with van der Waals surface area (Å²) in [7, 11) is 0. The largest absolute Gasteiger partial charge is 0.431 e. The normalized spacial score (nSPS) is 10.7. The van der Waals surface area contributed by atoms with Crippen LogP contribution in [0.1, 0.15) is 5.56 Å². The zero-order chi connectivity index (χ0) is 7.84. The van der Waals surface area contributed by atoms with Crippen molar-refractivity contribution in [2.75, 3.05) is 0 Å². The van der Waals surface area contributed by atoms with Gasteiger partial charge in [0, 0.05) is 17.6 Å². The van der Waals surface area contributed by atoms with E-state index in [2.05, 4.69) is 20.9 Å². The molecule has 3 heteroatoms. The molecule has 0 saturated carbocycles. The topological polar surface area (TPSA) is 26.0 Å². The van der Waals surface area contributed by atoms with Crippen molar-refractivity contribution in [1.29, 1.82) is 0 Å². The van der Waals surface area contributed by atoms with E-state index in [1.807, 2.05) is 19.1 Å². The van der Waals surface area contributed by atoms with Crippen molar-refractivity contribution in [1.82, 2.24) is 4.98 Å². The average molecular weight is 212 g/mol. The fourth-order valence-electron chi connectivity index (χ4n) is 1.01. The smallest absolute Gasteiger partial charge is 0.227 e. The van der Waals surface area contributed by atoms with Crippen LogP contribution in [0.4, 0.5) is 0 Å². The molecule has 0 radical (unpaired) electrons. The summed E-state index contributed by atoms with van der Waals surface area (Å²) in [4.78, 5) is 4.10. The Hall–Kier alpha value is -0.830. The summed E-state index contributed by atoms with van der Waals surface area (Å²) in [6.45, 7) is 2.01. The zero-order valence-electron chi connectivity index (χ0n) is 5.97. The van der Waals surface area contributed by atoms with Crippen molar-refractivity contribution in [3.8, 4) is 0 Å². The molecule has 0 aromatic carbocycles. The van der Waals surface area contributed by atoms with Crippen LogP contribution in [-0.2, 0) is 0 Å². The number of pyridine rings is 1. The maximum Gasteiger partial charge on any atom is 0.227 e. The third-order valence-corrected chi connectivity index (χ3v) is 1.87. The molecule has 2 rings (SSSR count). The quantitative estimate of drug-likeness (QED) is 0.670. The molecule has 0 spiro atoms. The Bertz CT molecular complexity index is 394. The second kappa shape index (κ2) is 2.34. The number of furan rings is 1. The number of halogens is 1. The molecular weight excluding hydrogens is 206 g/mol. The van der Waals surface area contributed by atoms with Gasteiger partial charge in [-0.2, -0.15) is 0 Å². The van der Waals surface area contributed by atoms with Gasteiger partial charge >= 0.3 is 0 Å². The molecule has 0 unspecified atom stereocenters. The lowest BCUT2D eigenvalue weighted by Gasteiger charge is -1.88. The number of hydrogen-bond donors (Lipinski definition) is 0. The molecule has 2 nitrogen and oxygen atoms in total. The molecule has 2 heterocycles. The van der Waals surface area contributed by atoms with Crippen LogP contribution < -0.4 is 0 Å². The van der Waals surface area contributed by atoms with Crippen LogP contribution in [0.2, 0.25) is 0 Å². The molecule has 0 aliphatic rings. The lowest BCUT2D eigenvalue weighted by Crippen LogP contribution is -1.74. The van der Waals surface area contributed by atoms with Crippen molar-refractivity contribution in [2.45, 2.75) is 6.92 Å². The third kappa shape index (κ3) is 1.16. The first-order valence-electron chi connectivity index (χ1n) is 3.27. The van der Waals surface area contributed by atoms with Gasteiger partial charge in [0.15, 0.2) is 4.67 Å². The Balaban J connectivity index is 2.82. The number of rotatable bonds is 0. The van der Waals surface area contributed by atoms with Crippen LogP contribution in [0.5, 0.6) is 0 Å². The maximum atomic E-state index is 5.23. The fraction of sp³-hybridized carbons (Fsp3) is 0.125. The number of fused-ring (bicyclic) bond motifs is 1. The molecular formula is C8H6BrNO. The highest BCUT2D eigenvalue weighted by Crippen LogP contribution is 2.21. The van der Waals surface area contributed by atoms with Crippen molar-refractivity contribution >= 4 is 27.0 Å². The lowest BCUT2D eigenvalue weighted by atomic mass is 10.2. The minimum absolute atomic E-state index is 0.683. The van der Waals surface area contributed by atoms with E-state index in [-0.39, 0.29) is 0 Å². The minimum Gasteiger partial charge on any atom is -0.431 e. The molecule has 0 aliphatic carbocycles. The first-order valence-corrected chi connectivity index (χ1v) is 4.07. The molecule has 0 N–H and O–H groups in total. The summed E-state index contributed by atoms with van der Waals surface area (Å²) in [5.74, 6) is 0. The zero-order valence-corrected chi connectivity index (χ0v) is 7.55. The highest BCUT2D eigenvalue weighted by Gasteiger charge is 2.00. The van der Waals surface area contributed by atoms with Crippen molar-refractivity contribution in [3.05, 3.63) is 28.6 Å². The average Bonchev–Trinajstić information content (AvgIpc) is 2.27. The molecule has 0 aliphatic heterocycles. The molecule has 0 bridgehead atoms. The Morgan fingerprint density at radius 3 is 3.09 bits per heavy atom. The summed E-state index contributed by atoms with van der Waals surface area (Å²) in [5.41, 5.74) is 1.83. The molecule has 0 fully saturated rings. The molecule has 56 valence electrons. The van der Waals surface area contributed by atoms with Gasteiger partial charge in [-0.3, -0.25) is 0 Å². The van der Waals surface area contributed by atoms with Gasteiger partial charge in [0.1, 0.15) is 0 Å². The predicted molar refractivity (Wildman–Crippen MR) is 46.4 cm³/mol. The molecule has 2 aromatic rings. The lowest BCUT2D eigenvalue weighted by molar-refractivity contribution is 0.575.